The highest BCUT2D eigenvalue weighted by Gasteiger charge is 2.30. The largest absolute Gasteiger partial charge is 0.375 e. The first kappa shape index (κ1) is 23.9. The number of halogens is 1. The van der Waals surface area contributed by atoms with Crippen molar-refractivity contribution in [2.75, 3.05) is 26.2 Å². The normalized spacial score (nSPS) is 21.0. The molecule has 4 heterocycles. The van der Waals surface area contributed by atoms with Gasteiger partial charge in [0, 0.05) is 35.2 Å². The Morgan fingerprint density at radius 1 is 1.29 bits per heavy atom. The van der Waals surface area contributed by atoms with Crippen molar-refractivity contribution in [1.29, 1.82) is 0 Å². The number of rotatable bonds is 6. The molecule has 0 spiro atoms. The van der Waals surface area contributed by atoms with Crippen LogP contribution in [0.3, 0.4) is 0 Å². The molecule has 7 heteroatoms. The van der Waals surface area contributed by atoms with Crippen LogP contribution in [0.4, 0.5) is 4.39 Å². The number of aryl methyl sites for hydroxylation is 1. The molecule has 2 saturated heterocycles. The first-order chi connectivity index (χ1) is 16.8. The highest BCUT2D eigenvalue weighted by Crippen LogP contribution is 2.39. The third kappa shape index (κ3) is 4.71. The zero-order chi connectivity index (χ0) is 24.7. The summed E-state index contributed by atoms with van der Waals surface area (Å²) in [5.74, 6) is 0.507. The summed E-state index contributed by atoms with van der Waals surface area (Å²) in [5.41, 5.74) is 5.66. The molecule has 0 bridgehead atoms. The van der Waals surface area contributed by atoms with E-state index in [4.69, 9.17) is 4.74 Å². The second kappa shape index (κ2) is 9.70. The van der Waals surface area contributed by atoms with E-state index in [9.17, 15) is 9.18 Å². The van der Waals surface area contributed by atoms with Crippen molar-refractivity contribution in [2.45, 2.75) is 64.5 Å². The molecule has 2 unspecified atom stereocenters. The summed E-state index contributed by atoms with van der Waals surface area (Å²) in [6.07, 6.45) is 3.39. The number of amides is 1. The van der Waals surface area contributed by atoms with Gasteiger partial charge in [-0.3, -0.25) is 9.78 Å². The van der Waals surface area contributed by atoms with Crippen molar-refractivity contribution >= 4 is 16.8 Å². The highest BCUT2D eigenvalue weighted by molar-refractivity contribution is 5.92. The van der Waals surface area contributed by atoms with Gasteiger partial charge in [-0.1, -0.05) is 19.9 Å². The number of nitrogens with one attached hydrogen (secondary N) is 2. The molecular formula is C28H35FN4O2. The van der Waals surface area contributed by atoms with Gasteiger partial charge in [-0.2, -0.15) is 0 Å². The first-order valence-electron chi connectivity index (χ1n) is 12.7. The molecule has 1 aromatic carbocycles. The molecule has 2 fully saturated rings. The van der Waals surface area contributed by atoms with Crippen molar-refractivity contribution in [1.82, 2.24) is 20.2 Å². The fourth-order valence-corrected chi connectivity index (χ4v) is 5.43. The zero-order valence-corrected chi connectivity index (χ0v) is 21.0. The van der Waals surface area contributed by atoms with Gasteiger partial charge >= 0.3 is 0 Å². The number of hydrogen-bond acceptors (Lipinski definition) is 4. The molecule has 35 heavy (non-hydrogen) atoms. The van der Waals surface area contributed by atoms with Crippen molar-refractivity contribution in [3.63, 3.8) is 0 Å². The summed E-state index contributed by atoms with van der Waals surface area (Å²) in [5, 5.41) is 4.47. The van der Waals surface area contributed by atoms with Crippen LogP contribution in [0.1, 0.15) is 62.3 Å². The van der Waals surface area contributed by atoms with Crippen LogP contribution in [0.25, 0.3) is 22.2 Å². The van der Waals surface area contributed by atoms with Gasteiger partial charge in [-0.05, 0) is 67.9 Å². The van der Waals surface area contributed by atoms with Crippen LogP contribution in [-0.2, 0) is 9.53 Å². The monoisotopic (exact) mass is 478 g/mol. The molecule has 0 aliphatic carbocycles. The minimum Gasteiger partial charge on any atom is -0.375 e. The van der Waals surface area contributed by atoms with Crippen LogP contribution in [0, 0.1) is 12.7 Å². The van der Waals surface area contributed by atoms with E-state index < -0.39 is 0 Å². The van der Waals surface area contributed by atoms with Gasteiger partial charge in [0.05, 0.1) is 37.2 Å². The van der Waals surface area contributed by atoms with Crippen LogP contribution in [0.2, 0.25) is 0 Å². The molecule has 186 valence electrons. The molecule has 2 atom stereocenters. The van der Waals surface area contributed by atoms with E-state index in [1.165, 1.54) is 11.8 Å². The Morgan fingerprint density at radius 2 is 2.06 bits per heavy atom. The molecule has 2 aliphatic rings. The lowest BCUT2D eigenvalue weighted by molar-refractivity contribution is -0.133. The van der Waals surface area contributed by atoms with Crippen LogP contribution < -0.4 is 5.32 Å². The second-order valence-corrected chi connectivity index (χ2v) is 10.4. The average molecular weight is 479 g/mol. The summed E-state index contributed by atoms with van der Waals surface area (Å²) in [4.78, 5) is 22.2. The molecule has 2 N–H and O–H groups in total. The van der Waals surface area contributed by atoms with E-state index in [1.807, 2.05) is 24.8 Å². The lowest BCUT2D eigenvalue weighted by atomic mass is 9.87. The number of H-pyrrole nitrogens is 1. The Bertz CT molecular complexity index is 1230. The minimum absolute atomic E-state index is 0.171. The lowest BCUT2D eigenvalue weighted by Crippen LogP contribution is -2.55. The number of ether oxygens (including phenoxy) is 1. The van der Waals surface area contributed by atoms with Gasteiger partial charge in [0.2, 0.25) is 5.91 Å². The summed E-state index contributed by atoms with van der Waals surface area (Å²) in [6.45, 7) is 10.8. The molecular weight excluding hydrogens is 443 g/mol. The van der Waals surface area contributed by atoms with Gasteiger partial charge in [0.1, 0.15) is 0 Å². The number of likely N-dealkylation sites (tertiary alicyclic amines) is 1. The maximum Gasteiger partial charge on any atom is 0.236 e. The number of pyridine rings is 1. The van der Waals surface area contributed by atoms with Crippen LogP contribution >= 0.6 is 0 Å². The molecule has 0 radical (unpaired) electrons. The van der Waals surface area contributed by atoms with E-state index in [0.29, 0.717) is 24.6 Å². The van der Waals surface area contributed by atoms with Gasteiger partial charge in [0.25, 0.3) is 0 Å². The smallest absolute Gasteiger partial charge is 0.236 e. The fourth-order valence-electron chi connectivity index (χ4n) is 5.43. The maximum atomic E-state index is 14.7. The summed E-state index contributed by atoms with van der Waals surface area (Å²) in [6, 6.07) is 8.68. The fraction of sp³-hybridized carbons (Fsp3) is 0.500. The van der Waals surface area contributed by atoms with E-state index in [1.54, 1.807) is 0 Å². The SMILES string of the molecule is Cc1cc(-c2[nH]c3ccc(C4CCN(C(=O)CNC5COC5C)CC4)cc3c2C(C)C)c(F)cn1. The maximum absolute atomic E-state index is 14.7. The molecule has 0 saturated carbocycles. The first-order valence-corrected chi connectivity index (χ1v) is 12.7. The van der Waals surface area contributed by atoms with Crippen LogP contribution in [-0.4, -0.2) is 59.2 Å². The van der Waals surface area contributed by atoms with E-state index in [-0.39, 0.29) is 29.8 Å². The van der Waals surface area contributed by atoms with Gasteiger partial charge in [-0.15, -0.1) is 0 Å². The number of hydrogen-bond donors (Lipinski definition) is 2. The summed E-state index contributed by atoms with van der Waals surface area (Å²) >= 11 is 0. The number of aromatic amines is 1. The Labute approximate surface area is 206 Å². The number of aromatic nitrogens is 2. The second-order valence-electron chi connectivity index (χ2n) is 10.4. The minimum atomic E-state index is -0.310. The quantitative estimate of drug-likeness (QED) is 0.530. The van der Waals surface area contributed by atoms with E-state index >= 15 is 0 Å². The Hall–Kier alpha value is -2.77. The van der Waals surface area contributed by atoms with Gasteiger partial charge in [-0.25, -0.2) is 4.39 Å². The van der Waals surface area contributed by atoms with Crippen LogP contribution in [0.15, 0.2) is 30.5 Å². The topological polar surface area (TPSA) is 70.2 Å². The Balaban J connectivity index is 1.33. The number of carbonyl (C=O) groups excluding carboxylic acids is 1. The van der Waals surface area contributed by atoms with Gasteiger partial charge in [0.15, 0.2) is 5.82 Å². The molecule has 2 aromatic heterocycles. The van der Waals surface area contributed by atoms with Crippen molar-refractivity contribution < 1.29 is 13.9 Å². The number of fused-ring (bicyclic) bond motifs is 1. The van der Waals surface area contributed by atoms with Gasteiger partial charge < -0.3 is 19.9 Å². The Morgan fingerprint density at radius 3 is 2.71 bits per heavy atom. The highest BCUT2D eigenvalue weighted by atomic mass is 19.1. The van der Waals surface area contributed by atoms with Crippen molar-refractivity contribution in [2.24, 2.45) is 0 Å². The van der Waals surface area contributed by atoms with E-state index in [2.05, 4.69) is 47.3 Å². The summed E-state index contributed by atoms with van der Waals surface area (Å²) < 4.78 is 20.1. The lowest BCUT2D eigenvalue weighted by Gasteiger charge is -2.36. The zero-order valence-electron chi connectivity index (χ0n) is 21.0. The average Bonchev–Trinajstić information content (AvgIpc) is 3.23. The summed E-state index contributed by atoms with van der Waals surface area (Å²) in [7, 11) is 0. The number of benzene rings is 1. The predicted octanol–water partition coefficient (Wildman–Crippen LogP) is 4.88. The van der Waals surface area contributed by atoms with E-state index in [0.717, 1.165) is 53.8 Å². The number of carbonyl (C=O) groups is 1. The third-order valence-electron chi connectivity index (χ3n) is 7.64. The number of piperidine rings is 1. The Kier molecular flexibility index (Phi) is 6.64. The predicted molar refractivity (Wildman–Crippen MR) is 136 cm³/mol. The molecule has 6 nitrogen and oxygen atoms in total. The van der Waals surface area contributed by atoms with Crippen LogP contribution in [0.5, 0.6) is 0 Å². The standard InChI is InChI=1S/C28H35FN4O2/c1-16(2)27-22-12-20(5-6-24(22)32-28(27)21-11-17(3)30-13-23(21)29)19-7-9-33(10-8-19)26(34)14-31-25-15-35-18(25)4/h5-6,11-13,16,18-19,25,31-32H,7-10,14-15H2,1-4H3. The molecule has 3 aromatic rings. The molecule has 2 aliphatic heterocycles. The van der Waals surface area contributed by atoms with Crippen molar-refractivity contribution in [3.05, 3.63) is 53.1 Å². The number of nitrogens with zero attached hydrogens (tertiary/aromatic N) is 2. The molecule has 1 amide bonds. The molecule has 5 rings (SSSR count). The third-order valence-corrected chi connectivity index (χ3v) is 7.64. The van der Waals surface area contributed by atoms with Crippen molar-refractivity contribution in [3.8, 4) is 11.3 Å².